The highest BCUT2D eigenvalue weighted by Gasteiger charge is 2.51. The summed E-state index contributed by atoms with van der Waals surface area (Å²) in [4.78, 5) is 22.4. The van der Waals surface area contributed by atoms with Crippen molar-refractivity contribution in [2.45, 2.75) is 24.8 Å². The Bertz CT molecular complexity index is 518. The number of hydrogen-bond donors (Lipinski definition) is 2. The molecule has 19 heavy (non-hydrogen) atoms. The van der Waals surface area contributed by atoms with Crippen molar-refractivity contribution in [3.63, 3.8) is 0 Å². The van der Waals surface area contributed by atoms with E-state index in [2.05, 4.69) is 5.32 Å². The van der Waals surface area contributed by atoms with Gasteiger partial charge in [0.15, 0.2) is 0 Å². The molecule has 0 aliphatic heterocycles. The van der Waals surface area contributed by atoms with E-state index in [1.165, 1.54) is 12.1 Å². The molecule has 1 fully saturated rings. The SMILES string of the molecule is O=C(C/C=C/c1ccc(F)cc1)NC1(C(=O)O)CC1. The summed E-state index contributed by atoms with van der Waals surface area (Å²) < 4.78 is 12.7. The highest BCUT2D eigenvalue weighted by atomic mass is 19.1. The smallest absolute Gasteiger partial charge is 0.329 e. The number of carbonyl (C=O) groups is 2. The van der Waals surface area contributed by atoms with E-state index in [4.69, 9.17) is 5.11 Å². The standard InChI is InChI=1S/C14H14FNO3/c15-11-6-4-10(5-7-11)2-1-3-12(17)16-14(8-9-14)13(18)19/h1-2,4-7H,3,8-9H2,(H,16,17)(H,18,19)/b2-1+. The first kappa shape index (κ1) is 13.3. The van der Waals surface area contributed by atoms with Crippen LogP contribution in [0.5, 0.6) is 0 Å². The van der Waals surface area contributed by atoms with E-state index in [1.54, 1.807) is 24.3 Å². The third-order valence-corrected chi connectivity index (χ3v) is 3.02. The van der Waals surface area contributed by atoms with Gasteiger partial charge in [-0.3, -0.25) is 4.79 Å². The van der Waals surface area contributed by atoms with Gasteiger partial charge in [-0.1, -0.05) is 24.3 Å². The van der Waals surface area contributed by atoms with Crippen LogP contribution in [0.2, 0.25) is 0 Å². The summed E-state index contributed by atoms with van der Waals surface area (Å²) in [5.74, 6) is -1.62. The molecule has 0 aromatic heterocycles. The van der Waals surface area contributed by atoms with Gasteiger partial charge in [0.25, 0.3) is 0 Å². The highest BCUT2D eigenvalue weighted by molar-refractivity contribution is 5.90. The quantitative estimate of drug-likeness (QED) is 0.853. The zero-order chi connectivity index (χ0) is 13.9. The summed E-state index contributed by atoms with van der Waals surface area (Å²) in [6, 6.07) is 5.87. The number of halogens is 1. The second kappa shape index (κ2) is 5.22. The minimum atomic E-state index is -1.04. The first-order chi connectivity index (χ1) is 9.02. The van der Waals surface area contributed by atoms with E-state index in [-0.39, 0.29) is 18.1 Å². The molecular weight excluding hydrogens is 249 g/mol. The lowest BCUT2D eigenvalue weighted by Crippen LogP contribution is -2.42. The zero-order valence-corrected chi connectivity index (χ0v) is 10.2. The molecule has 0 heterocycles. The summed E-state index contributed by atoms with van der Waals surface area (Å²) >= 11 is 0. The van der Waals surface area contributed by atoms with Gasteiger partial charge in [0.1, 0.15) is 11.4 Å². The van der Waals surface area contributed by atoms with Crippen LogP contribution in [0.25, 0.3) is 6.08 Å². The van der Waals surface area contributed by atoms with Crippen LogP contribution in [0.15, 0.2) is 30.3 Å². The molecule has 5 heteroatoms. The fourth-order valence-electron chi connectivity index (χ4n) is 1.71. The maximum absolute atomic E-state index is 12.7. The van der Waals surface area contributed by atoms with E-state index in [0.29, 0.717) is 12.8 Å². The van der Waals surface area contributed by atoms with Crippen LogP contribution in [0.1, 0.15) is 24.8 Å². The molecule has 4 nitrogen and oxygen atoms in total. The molecule has 1 aromatic rings. The number of hydrogen-bond acceptors (Lipinski definition) is 2. The molecule has 0 saturated heterocycles. The van der Waals surface area contributed by atoms with Crippen LogP contribution in [-0.4, -0.2) is 22.5 Å². The maximum Gasteiger partial charge on any atom is 0.329 e. The number of nitrogens with one attached hydrogen (secondary N) is 1. The molecule has 0 radical (unpaired) electrons. The van der Waals surface area contributed by atoms with Crippen molar-refractivity contribution in [3.05, 3.63) is 41.7 Å². The van der Waals surface area contributed by atoms with Crippen LogP contribution >= 0.6 is 0 Å². The van der Waals surface area contributed by atoms with Crippen molar-refractivity contribution >= 4 is 18.0 Å². The summed E-state index contributed by atoms with van der Waals surface area (Å²) in [7, 11) is 0. The Labute approximate surface area is 109 Å². The van der Waals surface area contributed by atoms with Gasteiger partial charge < -0.3 is 10.4 Å². The second-order valence-electron chi connectivity index (χ2n) is 4.59. The van der Waals surface area contributed by atoms with Crippen molar-refractivity contribution in [1.82, 2.24) is 5.32 Å². The Kier molecular flexibility index (Phi) is 3.64. The minimum absolute atomic E-state index is 0.104. The number of amides is 1. The molecule has 100 valence electrons. The predicted molar refractivity (Wildman–Crippen MR) is 67.8 cm³/mol. The van der Waals surface area contributed by atoms with Crippen LogP contribution in [0.3, 0.4) is 0 Å². The number of carboxylic acids is 1. The molecule has 0 spiro atoms. The van der Waals surface area contributed by atoms with Gasteiger partial charge >= 0.3 is 5.97 Å². The Balaban J connectivity index is 1.84. The third-order valence-electron chi connectivity index (χ3n) is 3.02. The van der Waals surface area contributed by atoms with Gasteiger partial charge in [0, 0.05) is 6.42 Å². The number of carbonyl (C=O) groups excluding carboxylic acids is 1. The van der Waals surface area contributed by atoms with Crippen LogP contribution in [0, 0.1) is 5.82 Å². The molecule has 1 aromatic carbocycles. The fourth-order valence-corrected chi connectivity index (χ4v) is 1.71. The molecule has 1 aliphatic rings. The molecule has 0 bridgehead atoms. The molecule has 1 aliphatic carbocycles. The van der Waals surface area contributed by atoms with E-state index in [1.807, 2.05) is 0 Å². The number of benzene rings is 1. The molecule has 2 N–H and O–H groups in total. The van der Waals surface area contributed by atoms with Crippen molar-refractivity contribution < 1.29 is 19.1 Å². The molecule has 1 saturated carbocycles. The Morgan fingerprint density at radius 1 is 1.32 bits per heavy atom. The Hall–Kier alpha value is -2.17. The predicted octanol–water partition coefficient (Wildman–Crippen LogP) is 1.96. The molecule has 1 amide bonds. The molecular formula is C14H14FNO3. The van der Waals surface area contributed by atoms with Crippen molar-refractivity contribution in [3.8, 4) is 0 Å². The monoisotopic (exact) mass is 263 g/mol. The van der Waals surface area contributed by atoms with Gasteiger partial charge in [0.05, 0.1) is 0 Å². The Morgan fingerprint density at radius 2 is 1.95 bits per heavy atom. The highest BCUT2D eigenvalue weighted by Crippen LogP contribution is 2.35. The molecule has 0 unspecified atom stereocenters. The first-order valence-electron chi connectivity index (χ1n) is 5.98. The lowest BCUT2D eigenvalue weighted by atomic mass is 10.2. The van der Waals surface area contributed by atoms with Gasteiger partial charge in [-0.05, 0) is 30.5 Å². The zero-order valence-electron chi connectivity index (χ0n) is 10.2. The topological polar surface area (TPSA) is 66.4 Å². The van der Waals surface area contributed by atoms with Gasteiger partial charge in [-0.2, -0.15) is 0 Å². The lowest BCUT2D eigenvalue weighted by molar-refractivity contribution is -0.143. The largest absolute Gasteiger partial charge is 0.480 e. The van der Waals surface area contributed by atoms with Crippen molar-refractivity contribution in [1.29, 1.82) is 0 Å². The van der Waals surface area contributed by atoms with Crippen molar-refractivity contribution in [2.75, 3.05) is 0 Å². The van der Waals surface area contributed by atoms with E-state index in [0.717, 1.165) is 5.56 Å². The van der Waals surface area contributed by atoms with Crippen LogP contribution in [-0.2, 0) is 9.59 Å². The van der Waals surface area contributed by atoms with Gasteiger partial charge in [0.2, 0.25) is 5.91 Å². The fraction of sp³-hybridized carbons (Fsp3) is 0.286. The van der Waals surface area contributed by atoms with Crippen LogP contribution < -0.4 is 5.32 Å². The summed E-state index contributed by atoms with van der Waals surface area (Å²) in [6.07, 6.45) is 4.39. The second-order valence-corrected chi connectivity index (χ2v) is 4.59. The molecule has 2 rings (SSSR count). The maximum atomic E-state index is 12.7. The number of rotatable bonds is 5. The van der Waals surface area contributed by atoms with Gasteiger partial charge in [-0.25, -0.2) is 9.18 Å². The normalized spacial score (nSPS) is 16.3. The summed E-state index contributed by atoms with van der Waals surface area (Å²) in [5.41, 5.74) is -0.255. The van der Waals surface area contributed by atoms with Crippen LogP contribution in [0.4, 0.5) is 4.39 Å². The van der Waals surface area contributed by atoms with E-state index >= 15 is 0 Å². The van der Waals surface area contributed by atoms with E-state index < -0.39 is 11.5 Å². The van der Waals surface area contributed by atoms with E-state index in [9.17, 15) is 14.0 Å². The number of aliphatic carboxylic acids is 1. The van der Waals surface area contributed by atoms with Gasteiger partial charge in [-0.15, -0.1) is 0 Å². The molecule has 0 atom stereocenters. The summed E-state index contributed by atoms with van der Waals surface area (Å²) in [5, 5.41) is 11.4. The third kappa shape index (κ3) is 3.40. The average molecular weight is 263 g/mol. The Morgan fingerprint density at radius 3 is 2.47 bits per heavy atom. The average Bonchev–Trinajstić information content (AvgIpc) is 3.13. The van der Waals surface area contributed by atoms with Crippen molar-refractivity contribution in [2.24, 2.45) is 0 Å². The minimum Gasteiger partial charge on any atom is -0.480 e. The summed E-state index contributed by atoms with van der Waals surface area (Å²) in [6.45, 7) is 0. The first-order valence-corrected chi connectivity index (χ1v) is 5.98. The number of carboxylic acid groups (broad SMARTS) is 1. The lowest BCUT2D eigenvalue weighted by Gasteiger charge is -2.10.